The standard InChI is InChI=1S/C83H159NO5/c1-3-5-7-9-11-13-15-16-17-18-19-20-40-43-46-49-52-56-59-63-67-71-75-81(86)80(79-85)84-82(87)76-72-68-64-60-57-53-50-47-44-41-38-36-34-32-30-28-26-24-22-21-23-25-27-29-31-33-35-37-39-42-45-48-51-54-58-62-66-70-74-78-89-83(88)77-73-69-65-61-55-14-12-10-8-6-4-2/h10,12,21-22,25,27,80-81,85-86H,3-9,11,13-20,23-24,26,28-79H2,1-2H3,(H,84,87)/b12-10-,22-21-,27-25-. The maximum Gasteiger partial charge on any atom is 0.305 e. The first-order chi connectivity index (χ1) is 44.0. The maximum atomic E-state index is 12.6. The molecule has 0 aliphatic rings. The van der Waals surface area contributed by atoms with Crippen molar-refractivity contribution in [3.63, 3.8) is 0 Å². The lowest BCUT2D eigenvalue weighted by atomic mass is 10.0. The van der Waals surface area contributed by atoms with Crippen molar-refractivity contribution in [1.29, 1.82) is 0 Å². The molecule has 0 rings (SSSR count). The first-order valence-corrected chi connectivity index (χ1v) is 40.7. The van der Waals surface area contributed by atoms with Crippen molar-refractivity contribution in [2.75, 3.05) is 13.2 Å². The van der Waals surface area contributed by atoms with Gasteiger partial charge in [-0.2, -0.15) is 0 Å². The molecule has 2 atom stereocenters. The van der Waals surface area contributed by atoms with E-state index >= 15 is 0 Å². The van der Waals surface area contributed by atoms with Crippen LogP contribution in [0, 0.1) is 0 Å². The molecule has 0 radical (unpaired) electrons. The molecule has 6 heteroatoms. The van der Waals surface area contributed by atoms with Crippen LogP contribution >= 0.6 is 0 Å². The predicted octanol–water partition coefficient (Wildman–Crippen LogP) is 27.0. The summed E-state index contributed by atoms with van der Waals surface area (Å²) < 4.78 is 5.47. The molecule has 3 N–H and O–H groups in total. The molecule has 0 aromatic heterocycles. The number of allylic oxidation sites excluding steroid dienone is 6. The SMILES string of the molecule is CCCC/C=C\CCCCCCCC(=O)OCCCCCCCCCCCCCCCCC/C=C\C/C=C\CCCCCCCCCCCCCCCCCCCC(=O)NC(CO)C(O)CCCCCCCCCCCCCCCCCCCCCCCC. The summed E-state index contributed by atoms with van der Waals surface area (Å²) in [4.78, 5) is 24.6. The molecule has 2 unspecified atom stereocenters. The van der Waals surface area contributed by atoms with Crippen LogP contribution in [0.5, 0.6) is 0 Å². The monoisotopic (exact) mass is 1250 g/mol. The molecule has 0 aromatic carbocycles. The fraction of sp³-hybridized carbons (Fsp3) is 0.904. The number of hydrogen-bond acceptors (Lipinski definition) is 5. The van der Waals surface area contributed by atoms with Crippen molar-refractivity contribution < 1.29 is 24.5 Å². The van der Waals surface area contributed by atoms with E-state index in [0.717, 1.165) is 51.4 Å². The van der Waals surface area contributed by atoms with E-state index in [1.165, 1.54) is 372 Å². The largest absolute Gasteiger partial charge is 0.466 e. The molecule has 0 saturated heterocycles. The average Bonchev–Trinajstić information content (AvgIpc) is 3.55. The van der Waals surface area contributed by atoms with Gasteiger partial charge in [0.1, 0.15) is 0 Å². The van der Waals surface area contributed by atoms with Gasteiger partial charge in [0.25, 0.3) is 0 Å². The number of hydrogen-bond donors (Lipinski definition) is 3. The Labute approximate surface area is 557 Å². The van der Waals surface area contributed by atoms with E-state index in [2.05, 4.69) is 55.6 Å². The number of esters is 1. The Morgan fingerprint density at radius 3 is 0.899 bits per heavy atom. The second-order valence-electron chi connectivity index (χ2n) is 28.1. The van der Waals surface area contributed by atoms with Gasteiger partial charge in [-0.05, 0) is 77.0 Å². The molecule has 0 aromatic rings. The van der Waals surface area contributed by atoms with Gasteiger partial charge in [-0.3, -0.25) is 9.59 Å². The first kappa shape index (κ1) is 87.1. The fourth-order valence-electron chi connectivity index (χ4n) is 13.0. The maximum absolute atomic E-state index is 12.6. The lowest BCUT2D eigenvalue weighted by Crippen LogP contribution is -2.45. The number of carbonyl (C=O) groups excluding carboxylic acids is 2. The Hall–Kier alpha value is -1.92. The minimum atomic E-state index is -0.663. The highest BCUT2D eigenvalue weighted by atomic mass is 16.5. The number of rotatable bonds is 77. The van der Waals surface area contributed by atoms with E-state index in [0.29, 0.717) is 25.9 Å². The van der Waals surface area contributed by atoms with Gasteiger partial charge in [0, 0.05) is 12.8 Å². The van der Waals surface area contributed by atoms with Crippen LogP contribution in [0.1, 0.15) is 457 Å². The van der Waals surface area contributed by atoms with E-state index in [1.807, 2.05) is 0 Å². The van der Waals surface area contributed by atoms with E-state index in [9.17, 15) is 19.8 Å². The number of aliphatic hydroxyl groups excluding tert-OH is 2. The summed E-state index contributed by atoms with van der Waals surface area (Å²) in [7, 11) is 0. The van der Waals surface area contributed by atoms with Gasteiger partial charge in [0.05, 0.1) is 25.4 Å². The highest BCUT2D eigenvalue weighted by Crippen LogP contribution is 2.20. The number of ether oxygens (including phenoxy) is 1. The third kappa shape index (κ3) is 75.0. The van der Waals surface area contributed by atoms with E-state index < -0.39 is 12.1 Å². The summed E-state index contributed by atoms with van der Waals surface area (Å²) in [5, 5.41) is 23.5. The summed E-state index contributed by atoms with van der Waals surface area (Å²) in [5.41, 5.74) is 0. The van der Waals surface area contributed by atoms with Gasteiger partial charge in [0.2, 0.25) is 5.91 Å². The predicted molar refractivity (Wildman–Crippen MR) is 393 cm³/mol. The van der Waals surface area contributed by atoms with Gasteiger partial charge in [-0.1, -0.05) is 403 Å². The molecule has 6 nitrogen and oxygen atoms in total. The van der Waals surface area contributed by atoms with Gasteiger partial charge in [0.15, 0.2) is 0 Å². The molecule has 1 amide bonds. The molecule has 0 aliphatic carbocycles. The van der Waals surface area contributed by atoms with Crippen molar-refractivity contribution in [3.8, 4) is 0 Å². The lowest BCUT2D eigenvalue weighted by molar-refractivity contribution is -0.143. The molecule has 526 valence electrons. The molecule has 0 aliphatic heterocycles. The third-order valence-electron chi connectivity index (χ3n) is 19.2. The molecule has 0 fully saturated rings. The highest BCUT2D eigenvalue weighted by Gasteiger charge is 2.20. The van der Waals surface area contributed by atoms with Gasteiger partial charge >= 0.3 is 5.97 Å². The summed E-state index contributed by atoms with van der Waals surface area (Å²) in [6.45, 7) is 4.96. The van der Waals surface area contributed by atoms with Crippen molar-refractivity contribution >= 4 is 11.9 Å². The van der Waals surface area contributed by atoms with Crippen LogP contribution in [0.4, 0.5) is 0 Å². The van der Waals surface area contributed by atoms with Crippen molar-refractivity contribution in [1.82, 2.24) is 5.32 Å². The van der Waals surface area contributed by atoms with E-state index in [4.69, 9.17) is 4.74 Å². The van der Waals surface area contributed by atoms with Gasteiger partial charge in [-0.15, -0.1) is 0 Å². The highest BCUT2D eigenvalue weighted by molar-refractivity contribution is 5.76. The Morgan fingerprint density at radius 2 is 0.573 bits per heavy atom. The van der Waals surface area contributed by atoms with Crippen LogP contribution in [0.2, 0.25) is 0 Å². The van der Waals surface area contributed by atoms with Crippen molar-refractivity contribution in [2.24, 2.45) is 0 Å². The van der Waals surface area contributed by atoms with Crippen LogP contribution in [-0.4, -0.2) is 47.4 Å². The summed E-state index contributed by atoms with van der Waals surface area (Å²) in [6.07, 6.45) is 103. The zero-order valence-corrected chi connectivity index (χ0v) is 60.4. The quantitative estimate of drug-likeness (QED) is 0.0320. The normalized spacial score (nSPS) is 12.6. The zero-order chi connectivity index (χ0) is 64.2. The van der Waals surface area contributed by atoms with E-state index in [1.54, 1.807) is 0 Å². The number of carbonyl (C=O) groups is 2. The summed E-state index contributed by atoms with van der Waals surface area (Å²) in [5.74, 6) is -0.0168. The second kappa shape index (κ2) is 78.5. The number of nitrogens with one attached hydrogen (secondary N) is 1. The summed E-state index contributed by atoms with van der Waals surface area (Å²) >= 11 is 0. The van der Waals surface area contributed by atoms with Crippen LogP contribution in [0.3, 0.4) is 0 Å². The smallest absolute Gasteiger partial charge is 0.305 e. The zero-order valence-electron chi connectivity index (χ0n) is 60.4. The third-order valence-corrected chi connectivity index (χ3v) is 19.2. The fourth-order valence-corrected chi connectivity index (χ4v) is 13.0. The number of amides is 1. The molecule has 0 heterocycles. The minimum Gasteiger partial charge on any atom is -0.466 e. The molecule has 0 spiro atoms. The molecular weight excluding hydrogens is 1090 g/mol. The topological polar surface area (TPSA) is 95.9 Å². The molecule has 89 heavy (non-hydrogen) atoms. The Morgan fingerprint density at radius 1 is 0.315 bits per heavy atom. The van der Waals surface area contributed by atoms with Gasteiger partial charge < -0.3 is 20.3 Å². The van der Waals surface area contributed by atoms with Crippen molar-refractivity contribution in [2.45, 2.75) is 469 Å². The van der Waals surface area contributed by atoms with Crippen LogP contribution in [0.15, 0.2) is 36.5 Å². The molecule has 0 saturated carbocycles. The molecular formula is C83H159NO5. The Kier molecular flexibility index (Phi) is 76.8. The van der Waals surface area contributed by atoms with Crippen molar-refractivity contribution in [3.05, 3.63) is 36.5 Å². The Balaban J connectivity index is 3.36. The van der Waals surface area contributed by atoms with E-state index in [-0.39, 0.29) is 18.5 Å². The van der Waals surface area contributed by atoms with Crippen LogP contribution < -0.4 is 5.32 Å². The second-order valence-corrected chi connectivity index (χ2v) is 28.1. The molecule has 0 bridgehead atoms. The average molecular weight is 1250 g/mol. The first-order valence-electron chi connectivity index (χ1n) is 40.7. The Bertz CT molecular complexity index is 1440. The summed E-state index contributed by atoms with van der Waals surface area (Å²) in [6, 6.07) is -0.540. The van der Waals surface area contributed by atoms with Crippen LogP contribution in [0.25, 0.3) is 0 Å². The van der Waals surface area contributed by atoms with Crippen LogP contribution in [-0.2, 0) is 14.3 Å². The lowest BCUT2D eigenvalue weighted by Gasteiger charge is -2.22. The number of unbranched alkanes of at least 4 members (excludes halogenated alkanes) is 60. The minimum absolute atomic E-state index is 0.00973. The number of aliphatic hydroxyl groups is 2. The van der Waals surface area contributed by atoms with Gasteiger partial charge in [-0.25, -0.2) is 0 Å².